The molecule has 0 amide bonds. The highest BCUT2D eigenvalue weighted by molar-refractivity contribution is 5.86. The van der Waals surface area contributed by atoms with Gasteiger partial charge >= 0.3 is 6.18 Å². The van der Waals surface area contributed by atoms with Gasteiger partial charge in [-0.1, -0.05) is 41.5 Å². The van der Waals surface area contributed by atoms with Crippen LogP contribution in [0.3, 0.4) is 0 Å². The quantitative estimate of drug-likeness (QED) is 0.634. The number of H-pyrrole nitrogens is 1. The zero-order chi connectivity index (χ0) is 16.2. The van der Waals surface area contributed by atoms with Crippen LogP contribution in [0.15, 0.2) is 18.3 Å². The van der Waals surface area contributed by atoms with Crippen LogP contribution in [-0.4, -0.2) is 4.98 Å². The Morgan fingerprint density at radius 2 is 1.29 bits per heavy atom. The van der Waals surface area contributed by atoms with Crippen molar-refractivity contribution in [2.24, 2.45) is 0 Å². The molecule has 0 saturated carbocycles. The molecule has 2 aromatic rings. The van der Waals surface area contributed by atoms with E-state index in [2.05, 4.69) is 4.98 Å². The van der Waals surface area contributed by atoms with Crippen LogP contribution in [0.4, 0.5) is 13.2 Å². The molecule has 0 aliphatic rings. The van der Waals surface area contributed by atoms with E-state index in [9.17, 15) is 13.2 Å². The first-order valence-electron chi connectivity index (χ1n) is 7.05. The molecule has 0 unspecified atom stereocenters. The third-order valence-electron chi connectivity index (χ3n) is 3.74. The molecule has 116 valence electrons. The molecule has 0 atom stereocenters. The van der Waals surface area contributed by atoms with Gasteiger partial charge in [0.2, 0.25) is 0 Å². The van der Waals surface area contributed by atoms with Crippen molar-refractivity contribution in [2.75, 3.05) is 0 Å². The molecule has 0 bridgehead atoms. The summed E-state index contributed by atoms with van der Waals surface area (Å²) in [7, 11) is 0. The molecule has 2 rings (SSSR count). The van der Waals surface area contributed by atoms with E-state index in [4.69, 9.17) is 0 Å². The highest BCUT2D eigenvalue weighted by Gasteiger charge is 2.37. The van der Waals surface area contributed by atoms with Crippen LogP contribution in [-0.2, 0) is 17.0 Å². The van der Waals surface area contributed by atoms with Gasteiger partial charge in [-0.25, -0.2) is 0 Å². The molecule has 1 N–H and O–H groups in total. The number of fused-ring (bicyclic) bond motifs is 1. The molecular formula is C17H22F3N. The lowest BCUT2D eigenvalue weighted by Gasteiger charge is -2.25. The minimum atomic E-state index is -4.34. The van der Waals surface area contributed by atoms with Crippen molar-refractivity contribution >= 4 is 10.9 Å². The van der Waals surface area contributed by atoms with Crippen molar-refractivity contribution in [1.29, 1.82) is 0 Å². The Bertz CT molecular complexity index is 664. The molecule has 0 aliphatic heterocycles. The maximum Gasteiger partial charge on any atom is 0.416 e. The zero-order valence-corrected chi connectivity index (χ0v) is 13.4. The van der Waals surface area contributed by atoms with E-state index in [1.165, 1.54) is 6.07 Å². The number of hydrogen-bond donors (Lipinski definition) is 1. The number of aromatic amines is 1. The maximum atomic E-state index is 13.4. The molecule has 0 aliphatic carbocycles. The Hall–Kier alpha value is -1.45. The molecule has 0 saturated heterocycles. The molecule has 0 radical (unpaired) electrons. The van der Waals surface area contributed by atoms with E-state index in [1.54, 1.807) is 26.8 Å². The Labute approximate surface area is 123 Å². The molecular weight excluding hydrogens is 275 g/mol. The van der Waals surface area contributed by atoms with E-state index in [0.717, 1.165) is 11.1 Å². The van der Waals surface area contributed by atoms with Crippen LogP contribution in [0, 0.1) is 0 Å². The number of nitrogens with one attached hydrogen (secondary N) is 1. The van der Waals surface area contributed by atoms with Gasteiger partial charge < -0.3 is 4.98 Å². The summed E-state index contributed by atoms with van der Waals surface area (Å²) < 4.78 is 40.3. The van der Waals surface area contributed by atoms with E-state index in [-0.39, 0.29) is 5.41 Å². The van der Waals surface area contributed by atoms with Crippen molar-refractivity contribution in [3.63, 3.8) is 0 Å². The normalized spacial score (nSPS) is 14.0. The first-order chi connectivity index (χ1) is 9.32. The fourth-order valence-corrected chi connectivity index (χ4v) is 2.65. The van der Waals surface area contributed by atoms with E-state index in [0.29, 0.717) is 10.9 Å². The predicted octanol–water partition coefficient (Wildman–Crippen LogP) is 5.78. The average molecular weight is 297 g/mol. The lowest BCUT2D eigenvalue weighted by atomic mass is 9.81. The van der Waals surface area contributed by atoms with Gasteiger partial charge in [-0.2, -0.15) is 13.2 Å². The fraction of sp³-hybridized carbons (Fsp3) is 0.529. The average Bonchev–Trinajstić information content (AvgIpc) is 2.66. The number of rotatable bonds is 0. The zero-order valence-electron chi connectivity index (χ0n) is 13.4. The SMILES string of the molecule is CC(C)(C)c1cc2[nH]cc(C(C)(C)C)c2cc1C(F)(F)F. The van der Waals surface area contributed by atoms with Crippen molar-refractivity contribution in [3.05, 3.63) is 35.0 Å². The summed E-state index contributed by atoms with van der Waals surface area (Å²) in [6.45, 7) is 11.4. The Balaban J connectivity index is 2.84. The van der Waals surface area contributed by atoms with Crippen LogP contribution in [0.25, 0.3) is 10.9 Å². The van der Waals surface area contributed by atoms with Gasteiger partial charge in [0.15, 0.2) is 0 Å². The van der Waals surface area contributed by atoms with Gasteiger partial charge in [-0.05, 0) is 34.1 Å². The lowest BCUT2D eigenvalue weighted by Crippen LogP contribution is -2.19. The molecule has 1 nitrogen and oxygen atoms in total. The van der Waals surface area contributed by atoms with Crippen LogP contribution in [0.5, 0.6) is 0 Å². The summed E-state index contributed by atoms with van der Waals surface area (Å²) in [5, 5.41) is 0.655. The summed E-state index contributed by atoms with van der Waals surface area (Å²) in [4.78, 5) is 3.12. The third-order valence-corrected chi connectivity index (χ3v) is 3.74. The number of halogens is 3. The van der Waals surface area contributed by atoms with Gasteiger partial charge in [-0.3, -0.25) is 0 Å². The first-order valence-corrected chi connectivity index (χ1v) is 7.05. The summed E-state index contributed by atoms with van der Waals surface area (Å²) >= 11 is 0. The molecule has 1 heterocycles. The Morgan fingerprint density at radius 1 is 0.762 bits per heavy atom. The van der Waals surface area contributed by atoms with Gasteiger partial charge in [0, 0.05) is 17.1 Å². The number of alkyl halides is 3. The largest absolute Gasteiger partial charge is 0.416 e. The Kier molecular flexibility index (Phi) is 3.43. The highest BCUT2D eigenvalue weighted by Crippen LogP contribution is 2.41. The predicted molar refractivity (Wildman–Crippen MR) is 80.7 cm³/mol. The summed E-state index contributed by atoms with van der Waals surface area (Å²) in [5.41, 5.74) is 0.690. The van der Waals surface area contributed by atoms with E-state index in [1.807, 2.05) is 27.0 Å². The van der Waals surface area contributed by atoms with Crippen molar-refractivity contribution in [3.8, 4) is 0 Å². The van der Waals surface area contributed by atoms with Crippen molar-refractivity contribution < 1.29 is 13.2 Å². The first kappa shape index (κ1) is 15.9. The second-order valence-electron chi connectivity index (χ2n) is 7.64. The van der Waals surface area contributed by atoms with Crippen molar-refractivity contribution in [2.45, 2.75) is 58.5 Å². The lowest BCUT2D eigenvalue weighted by molar-refractivity contribution is -0.138. The maximum absolute atomic E-state index is 13.4. The second-order valence-corrected chi connectivity index (χ2v) is 7.64. The Morgan fingerprint density at radius 3 is 1.71 bits per heavy atom. The van der Waals surface area contributed by atoms with E-state index < -0.39 is 17.2 Å². The van der Waals surface area contributed by atoms with Gasteiger partial charge in [0.1, 0.15) is 0 Å². The standard InChI is InChI=1S/C17H22F3N/c1-15(2,3)11-8-14-10(7-12(11)17(18,19)20)13(9-21-14)16(4,5)6/h7-9,21H,1-6H3. The summed E-state index contributed by atoms with van der Waals surface area (Å²) in [6, 6.07) is 2.94. The van der Waals surface area contributed by atoms with E-state index >= 15 is 0 Å². The highest BCUT2D eigenvalue weighted by atomic mass is 19.4. The van der Waals surface area contributed by atoms with Gasteiger partial charge in [0.25, 0.3) is 0 Å². The minimum absolute atomic E-state index is 0.204. The monoisotopic (exact) mass is 297 g/mol. The third kappa shape index (κ3) is 2.94. The number of hydrogen-bond acceptors (Lipinski definition) is 0. The van der Waals surface area contributed by atoms with Crippen LogP contribution >= 0.6 is 0 Å². The second kappa shape index (κ2) is 4.52. The molecule has 0 fully saturated rings. The molecule has 4 heteroatoms. The van der Waals surface area contributed by atoms with Crippen LogP contribution < -0.4 is 0 Å². The number of benzene rings is 1. The molecule has 1 aromatic heterocycles. The minimum Gasteiger partial charge on any atom is -0.361 e. The van der Waals surface area contributed by atoms with Crippen molar-refractivity contribution in [1.82, 2.24) is 4.98 Å². The summed E-state index contributed by atoms with van der Waals surface area (Å²) in [6.07, 6.45) is -2.53. The molecule has 0 spiro atoms. The molecule has 21 heavy (non-hydrogen) atoms. The smallest absolute Gasteiger partial charge is 0.361 e. The molecule has 1 aromatic carbocycles. The topological polar surface area (TPSA) is 15.8 Å². The summed E-state index contributed by atoms with van der Waals surface area (Å²) in [5.74, 6) is 0. The van der Waals surface area contributed by atoms with Gasteiger partial charge in [0.05, 0.1) is 5.56 Å². The fourth-order valence-electron chi connectivity index (χ4n) is 2.65. The van der Waals surface area contributed by atoms with Crippen LogP contribution in [0.1, 0.15) is 58.2 Å². The van der Waals surface area contributed by atoms with Gasteiger partial charge in [-0.15, -0.1) is 0 Å². The number of aromatic nitrogens is 1. The van der Waals surface area contributed by atoms with Crippen LogP contribution in [0.2, 0.25) is 0 Å².